The van der Waals surface area contributed by atoms with Gasteiger partial charge in [-0.2, -0.15) is 0 Å². The molecule has 1 amide bonds. The van der Waals surface area contributed by atoms with Crippen molar-refractivity contribution in [1.29, 1.82) is 0 Å². The summed E-state index contributed by atoms with van der Waals surface area (Å²) in [7, 11) is 0. The molecule has 2 aromatic carbocycles. The fraction of sp³-hybridized carbons (Fsp3) is 0.567. The van der Waals surface area contributed by atoms with Crippen molar-refractivity contribution >= 4 is 11.6 Å². The molecule has 8 heteroatoms. The summed E-state index contributed by atoms with van der Waals surface area (Å²) in [5.41, 5.74) is 1.09. The third kappa shape index (κ3) is 5.43. The Morgan fingerprint density at radius 3 is 2.21 bits per heavy atom. The number of nitrogens with zero attached hydrogens (tertiary/aromatic N) is 3. The van der Waals surface area contributed by atoms with Gasteiger partial charge < -0.3 is 14.5 Å². The summed E-state index contributed by atoms with van der Waals surface area (Å²) < 4.78 is 48.2. The average Bonchev–Trinajstić information content (AvgIpc) is 3.29. The maximum absolute atomic E-state index is 15.0. The molecule has 3 heterocycles. The molecule has 3 fully saturated rings. The zero-order valence-corrected chi connectivity index (χ0v) is 22.7. The standard InChI is InChI=1S/C30H38F3N3O2/c1-19-15-35(16-20(2)36(19)23-8-5-21(31)6-9-23)29(37)27-18-34(24-11-12-38-30(3,4)14-24)17-26(27)25-10-7-22(32)13-28(25)33/h5-10,13,19-20,24,26-27H,11-12,14-18H2,1-4H3/t19-,20+,24-,26-,27+/m1/s1. The number of piperazine rings is 1. The van der Waals surface area contributed by atoms with Crippen molar-refractivity contribution in [3.8, 4) is 0 Å². The number of benzene rings is 2. The first-order valence-electron chi connectivity index (χ1n) is 13.7. The van der Waals surface area contributed by atoms with Crippen LogP contribution in [-0.4, -0.2) is 72.2 Å². The number of hydrogen-bond donors (Lipinski definition) is 0. The lowest BCUT2D eigenvalue weighted by molar-refractivity contribution is -0.137. The minimum absolute atomic E-state index is 0.0185. The average molecular weight is 530 g/mol. The molecule has 5 rings (SSSR count). The van der Waals surface area contributed by atoms with E-state index in [1.165, 1.54) is 24.3 Å². The number of rotatable bonds is 4. The van der Waals surface area contributed by atoms with E-state index in [0.29, 0.717) is 38.3 Å². The normalized spacial score (nSPS) is 30.0. The van der Waals surface area contributed by atoms with Crippen LogP contribution in [0.25, 0.3) is 0 Å². The van der Waals surface area contributed by atoms with E-state index < -0.39 is 17.6 Å². The summed E-state index contributed by atoms with van der Waals surface area (Å²) in [5, 5.41) is 0. The second-order valence-corrected chi connectivity index (χ2v) is 11.9. The van der Waals surface area contributed by atoms with Gasteiger partial charge in [-0.05, 0) is 76.4 Å². The fourth-order valence-corrected chi connectivity index (χ4v) is 6.87. The van der Waals surface area contributed by atoms with Gasteiger partial charge >= 0.3 is 0 Å². The van der Waals surface area contributed by atoms with Gasteiger partial charge in [0.2, 0.25) is 5.91 Å². The minimum Gasteiger partial charge on any atom is -0.375 e. The highest BCUT2D eigenvalue weighted by Gasteiger charge is 2.46. The van der Waals surface area contributed by atoms with Crippen LogP contribution >= 0.6 is 0 Å². The van der Waals surface area contributed by atoms with E-state index in [4.69, 9.17) is 4.74 Å². The smallest absolute Gasteiger partial charge is 0.227 e. The van der Waals surface area contributed by atoms with E-state index in [0.717, 1.165) is 24.6 Å². The largest absolute Gasteiger partial charge is 0.375 e. The topological polar surface area (TPSA) is 36.0 Å². The maximum atomic E-state index is 15.0. The lowest BCUT2D eigenvalue weighted by Gasteiger charge is -2.46. The summed E-state index contributed by atoms with van der Waals surface area (Å²) in [5.74, 6) is -2.24. The van der Waals surface area contributed by atoms with Gasteiger partial charge in [-0.3, -0.25) is 9.69 Å². The Labute approximate surface area is 223 Å². The molecule has 0 N–H and O–H groups in total. The van der Waals surface area contributed by atoms with Crippen LogP contribution in [0.15, 0.2) is 42.5 Å². The zero-order chi connectivity index (χ0) is 27.2. The predicted octanol–water partition coefficient (Wildman–Crippen LogP) is 5.20. The summed E-state index contributed by atoms with van der Waals surface area (Å²) in [6.07, 6.45) is 1.71. The second-order valence-electron chi connectivity index (χ2n) is 11.9. The van der Waals surface area contributed by atoms with Crippen LogP contribution in [0.1, 0.15) is 52.0 Å². The molecule has 206 valence electrons. The molecule has 0 aliphatic carbocycles. The van der Waals surface area contributed by atoms with E-state index >= 15 is 4.39 Å². The van der Waals surface area contributed by atoms with E-state index in [-0.39, 0.29) is 41.4 Å². The summed E-state index contributed by atoms with van der Waals surface area (Å²) in [6, 6.07) is 10.5. The van der Waals surface area contributed by atoms with Gasteiger partial charge in [-0.15, -0.1) is 0 Å². The molecule has 3 saturated heterocycles. The molecule has 3 aliphatic rings. The number of anilines is 1. The Morgan fingerprint density at radius 1 is 0.921 bits per heavy atom. The van der Waals surface area contributed by atoms with Gasteiger partial charge in [0.15, 0.2) is 0 Å². The summed E-state index contributed by atoms with van der Waals surface area (Å²) in [6.45, 7) is 11.1. The Balaban J connectivity index is 1.38. The van der Waals surface area contributed by atoms with Crippen LogP contribution < -0.4 is 4.90 Å². The monoisotopic (exact) mass is 529 g/mol. The molecule has 5 atom stereocenters. The molecule has 0 aromatic heterocycles. The lowest BCUT2D eigenvalue weighted by atomic mass is 9.87. The fourth-order valence-electron chi connectivity index (χ4n) is 6.87. The number of carbonyl (C=O) groups excluding carboxylic acids is 1. The van der Waals surface area contributed by atoms with Crippen LogP contribution in [0, 0.1) is 23.4 Å². The number of halogens is 3. The molecule has 3 aliphatic heterocycles. The van der Waals surface area contributed by atoms with Gasteiger partial charge in [0, 0.05) is 68.6 Å². The predicted molar refractivity (Wildman–Crippen MR) is 142 cm³/mol. The minimum atomic E-state index is -0.616. The van der Waals surface area contributed by atoms with E-state index in [1.54, 1.807) is 12.1 Å². The van der Waals surface area contributed by atoms with Gasteiger partial charge in [-0.1, -0.05) is 6.07 Å². The number of hydrogen-bond acceptors (Lipinski definition) is 4. The third-order valence-electron chi connectivity index (χ3n) is 8.57. The molecule has 0 spiro atoms. The molecule has 0 saturated carbocycles. The highest BCUT2D eigenvalue weighted by Crippen LogP contribution is 2.40. The molecule has 0 radical (unpaired) electrons. The van der Waals surface area contributed by atoms with E-state index in [9.17, 15) is 13.6 Å². The van der Waals surface area contributed by atoms with Crippen LogP contribution in [0.4, 0.5) is 18.9 Å². The first-order chi connectivity index (χ1) is 18.0. The van der Waals surface area contributed by atoms with Crippen molar-refractivity contribution < 1.29 is 22.7 Å². The van der Waals surface area contributed by atoms with Crippen molar-refractivity contribution in [2.24, 2.45) is 5.92 Å². The number of carbonyl (C=O) groups is 1. The molecule has 0 unspecified atom stereocenters. The Kier molecular flexibility index (Phi) is 7.48. The van der Waals surface area contributed by atoms with E-state index in [2.05, 4.69) is 37.5 Å². The molecular formula is C30H38F3N3O2. The van der Waals surface area contributed by atoms with Gasteiger partial charge in [0.1, 0.15) is 17.5 Å². The second kappa shape index (κ2) is 10.5. The van der Waals surface area contributed by atoms with Crippen LogP contribution in [0.3, 0.4) is 0 Å². The SMILES string of the molecule is C[C@@H]1CN(C(=O)[C@H]2CN([C@@H]3CCOC(C)(C)C3)C[C@@H]2c2ccc(F)cc2F)C[C@H](C)N1c1ccc(F)cc1. The zero-order valence-electron chi connectivity index (χ0n) is 22.7. The van der Waals surface area contributed by atoms with Crippen molar-refractivity contribution in [3.05, 3.63) is 65.5 Å². The number of ether oxygens (including phenoxy) is 1. The Morgan fingerprint density at radius 2 is 1.58 bits per heavy atom. The molecule has 0 bridgehead atoms. The molecular weight excluding hydrogens is 491 g/mol. The lowest BCUT2D eigenvalue weighted by Crippen LogP contribution is -2.59. The van der Waals surface area contributed by atoms with Crippen molar-refractivity contribution in [1.82, 2.24) is 9.80 Å². The summed E-state index contributed by atoms with van der Waals surface area (Å²) >= 11 is 0. The molecule has 38 heavy (non-hydrogen) atoms. The molecule has 5 nitrogen and oxygen atoms in total. The number of likely N-dealkylation sites (tertiary alicyclic amines) is 1. The summed E-state index contributed by atoms with van der Waals surface area (Å²) in [4.78, 5) is 20.6. The van der Waals surface area contributed by atoms with Crippen LogP contribution in [0.5, 0.6) is 0 Å². The van der Waals surface area contributed by atoms with Gasteiger partial charge in [-0.25, -0.2) is 13.2 Å². The van der Waals surface area contributed by atoms with Crippen molar-refractivity contribution in [2.45, 2.75) is 70.2 Å². The Bertz CT molecular complexity index is 1150. The maximum Gasteiger partial charge on any atom is 0.227 e. The van der Waals surface area contributed by atoms with Crippen LogP contribution in [-0.2, 0) is 9.53 Å². The molecule has 2 aromatic rings. The number of amides is 1. The van der Waals surface area contributed by atoms with Crippen LogP contribution in [0.2, 0.25) is 0 Å². The highest BCUT2D eigenvalue weighted by atomic mass is 19.1. The highest BCUT2D eigenvalue weighted by molar-refractivity contribution is 5.81. The first-order valence-corrected chi connectivity index (χ1v) is 13.7. The van der Waals surface area contributed by atoms with Crippen molar-refractivity contribution in [3.63, 3.8) is 0 Å². The van der Waals surface area contributed by atoms with Crippen molar-refractivity contribution in [2.75, 3.05) is 37.7 Å². The first kappa shape index (κ1) is 27.0. The third-order valence-corrected chi connectivity index (χ3v) is 8.57. The van der Waals surface area contributed by atoms with Gasteiger partial charge in [0.25, 0.3) is 0 Å². The Hall–Kier alpha value is -2.58. The van der Waals surface area contributed by atoms with Gasteiger partial charge in [0.05, 0.1) is 11.5 Å². The van der Waals surface area contributed by atoms with E-state index in [1.807, 2.05) is 4.90 Å². The quantitative estimate of drug-likeness (QED) is 0.546.